The lowest BCUT2D eigenvalue weighted by Gasteiger charge is -2.29. The van der Waals surface area contributed by atoms with Gasteiger partial charge in [0.15, 0.2) is 9.84 Å². The number of ether oxygens (including phenoxy) is 2. The van der Waals surface area contributed by atoms with Crippen molar-refractivity contribution in [1.29, 1.82) is 0 Å². The molecule has 13 heteroatoms. The number of carbonyl (C=O) groups excluding carboxylic acids is 2. The Labute approximate surface area is 297 Å². The maximum Gasteiger partial charge on any atom is 0.329 e. The monoisotopic (exact) mass is 745 g/mol. The van der Waals surface area contributed by atoms with Crippen molar-refractivity contribution in [2.75, 3.05) is 20.5 Å². The summed E-state index contributed by atoms with van der Waals surface area (Å²) in [4.78, 5) is 27.1. The lowest BCUT2D eigenvalue weighted by atomic mass is 9.96. The molecule has 0 fully saturated rings. The van der Waals surface area contributed by atoms with Gasteiger partial charge in [-0.15, -0.1) is 0 Å². The van der Waals surface area contributed by atoms with Crippen molar-refractivity contribution >= 4 is 57.6 Å². The lowest BCUT2D eigenvalue weighted by molar-refractivity contribution is -0.147. The first kappa shape index (κ1) is 38.1. The fourth-order valence-corrected chi connectivity index (χ4v) is 9.09. The number of methoxy groups -OCH3 is 1. The van der Waals surface area contributed by atoms with E-state index < -0.39 is 40.8 Å². The molecule has 1 amide bonds. The number of hydrogen-bond donors (Lipinski definition) is 1. The van der Waals surface area contributed by atoms with E-state index in [2.05, 4.69) is 5.32 Å². The molecule has 0 aliphatic carbocycles. The largest absolute Gasteiger partial charge is 0.497 e. The number of sulfone groups is 1. The third-order valence-corrected chi connectivity index (χ3v) is 13.1. The SMILES string of the molecule is COc1cccc(P(=O)(OC)C(C)C(C)c2cc(Cl)c(C(=O)N[C@@H](Cc3cccc(S(C)(=O)=O)c3)C(=O)OCc3ccccc3)c(Cl)c2)c1. The van der Waals surface area contributed by atoms with Crippen LogP contribution in [0.1, 0.15) is 46.8 Å². The van der Waals surface area contributed by atoms with Crippen molar-refractivity contribution in [2.24, 2.45) is 0 Å². The van der Waals surface area contributed by atoms with Gasteiger partial charge in [-0.25, -0.2) is 13.2 Å². The highest BCUT2D eigenvalue weighted by Crippen LogP contribution is 2.55. The van der Waals surface area contributed by atoms with Crippen molar-refractivity contribution in [3.8, 4) is 5.75 Å². The summed E-state index contributed by atoms with van der Waals surface area (Å²) in [5, 5.41) is 3.21. The van der Waals surface area contributed by atoms with Gasteiger partial charge in [0.05, 0.1) is 27.6 Å². The van der Waals surface area contributed by atoms with Crippen LogP contribution in [-0.4, -0.2) is 52.5 Å². The molecule has 0 saturated carbocycles. The first-order valence-corrected chi connectivity index (χ1v) is 19.6. The van der Waals surface area contributed by atoms with Crippen LogP contribution in [0.4, 0.5) is 0 Å². The Morgan fingerprint density at radius 1 is 0.857 bits per heavy atom. The zero-order valence-electron chi connectivity index (χ0n) is 27.7. The highest BCUT2D eigenvalue weighted by molar-refractivity contribution is 7.90. The maximum absolute atomic E-state index is 14.2. The molecule has 9 nitrogen and oxygen atoms in total. The van der Waals surface area contributed by atoms with Gasteiger partial charge >= 0.3 is 5.97 Å². The molecule has 4 aromatic rings. The van der Waals surface area contributed by atoms with E-state index in [0.29, 0.717) is 22.2 Å². The Kier molecular flexibility index (Phi) is 12.7. The van der Waals surface area contributed by atoms with E-state index in [9.17, 15) is 22.6 Å². The fourth-order valence-electron chi connectivity index (χ4n) is 5.35. The van der Waals surface area contributed by atoms with Crippen molar-refractivity contribution in [3.63, 3.8) is 0 Å². The van der Waals surface area contributed by atoms with Gasteiger partial charge in [-0.2, -0.15) is 0 Å². The summed E-state index contributed by atoms with van der Waals surface area (Å²) in [6, 6.07) is 24.0. The molecule has 4 atom stereocenters. The van der Waals surface area contributed by atoms with Gasteiger partial charge in [0.25, 0.3) is 5.91 Å². The summed E-state index contributed by atoms with van der Waals surface area (Å²) >= 11 is 13.3. The van der Waals surface area contributed by atoms with E-state index in [-0.39, 0.29) is 39.4 Å². The Morgan fingerprint density at radius 3 is 2.10 bits per heavy atom. The minimum Gasteiger partial charge on any atom is -0.497 e. The van der Waals surface area contributed by atoms with Crippen LogP contribution in [-0.2, 0) is 41.5 Å². The highest BCUT2D eigenvalue weighted by atomic mass is 35.5. The van der Waals surface area contributed by atoms with Crippen LogP contribution in [0.2, 0.25) is 10.0 Å². The molecule has 0 heterocycles. The first-order valence-electron chi connectivity index (χ1n) is 15.3. The average Bonchev–Trinajstić information content (AvgIpc) is 3.09. The third-order valence-electron chi connectivity index (χ3n) is 8.34. The fraction of sp³-hybridized carbons (Fsp3) is 0.278. The molecule has 0 aliphatic rings. The first-order chi connectivity index (χ1) is 23.2. The van der Waals surface area contributed by atoms with Gasteiger partial charge in [-0.05, 0) is 65.1 Å². The van der Waals surface area contributed by atoms with Crippen molar-refractivity contribution in [1.82, 2.24) is 5.32 Å². The molecular weight excluding hydrogens is 708 g/mol. The van der Waals surface area contributed by atoms with Crippen molar-refractivity contribution < 1.29 is 36.6 Å². The molecule has 1 N–H and O–H groups in total. The molecule has 0 aliphatic heterocycles. The summed E-state index contributed by atoms with van der Waals surface area (Å²) < 4.78 is 55.0. The summed E-state index contributed by atoms with van der Waals surface area (Å²) in [7, 11) is -4.01. The Bertz CT molecular complexity index is 1950. The molecule has 260 valence electrons. The standard InChI is InChI=1S/C36H38Cl2NO8PS/c1-23(24(2)48(42,46-4)29-15-10-14-28(21-29)45-3)27-19-31(37)34(32(38)20-27)35(40)39-33(36(41)47-22-25-11-7-6-8-12-25)18-26-13-9-16-30(17-26)49(5,43)44/h6-17,19-21,23-24,33H,18,22H2,1-5H3,(H,39,40)/t23?,24?,33-,48?/m0/s1. The lowest BCUT2D eigenvalue weighted by Crippen LogP contribution is -2.43. The number of carbonyl (C=O) groups is 2. The van der Waals surface area contributed by atoms with E-state index >= 15 is 0 Å². The van der Waals surface area contributed by atoms with Gasteiger partial charge in [0.2, 0.25) is 7.37 Å². The topological polar surface area (TPSA) is 125 Å². The minimum atomic E-state index is -3.52. The van der Waals surface area contributed by atoms with Crippen molar-refractivity contribution in [2.45, 2.75) is 49.4 Å². The predicted molar refractivity (Wildman–Crippen MR) is 192 cm³/mol. The van der Waals surface area contributed by atoms with E-state index in [4.69, 9.17) is 37.2 Å². The summed E-state index contributed by atoms with van der Waals surface area (Å²) in [5.41, 5.74) is 1.26. The molecule has 4 aromatic carbocycles. The maximum atomic E-state index is 14.2. The molecule has 3 unspecified atom stereocenters. The van der Waals surface area contributed by atoms with E-state index in [1.165, 1.54) is 26.4 Å². The molecule has 4 rings (SSSR count). The second-order valence-corrected chi connectivity index (χ2v) is 17.3. The zero-order chi connectivity index (χ0) is 35.9. The van der Waals surface area contributed by atoms with Crippen LogP contribution in [0.15, 0.2) is 95.9 Å². The van der Waals surface area contributed by atoms with E-state index in [1.807, 2.05) is 13.0 Å². The molecule has 0 spiro atoms. The number of benzene rings is 4. The molecule has 0 saturated heterocycles. The van der Waals surface area contributed by atoms with Crippen LogP contribution in [0.25, 0.3) is 0 Å². The zero-order valence-corrected chi connectivity index (χ0v) is 30.9. The average molecular weight is 747 g/mol. The Balaban J connectivity index is 1.61. The Morgan fingerprint density at radius 2 is 1.49 bits per heavy atom. The molecular formula is C36H38Cl2NO8PS. The second-order valence-electron chi connectivity index (χ2n) is 11.6. The number of rotatable bonds is 14. The predicted octanol–water partition coefficient (Wildman–Crippen LogP) is 7.23. The van der Waals surface area contributed by atoms with Crippen LogP contribution in [0.5, 0.6) is 5.75 Å². The molecule has 0 radical (unpaired) electrons. The number of halogens is 2. The highest BCUT2D eigenvalue weighted by Gasteiger charge is 2.37. The van der Waals surface area contributed by atoms with Gasteiger partial charge < -0.3 is 19.3 Å². The van der Waals surface area contributed by atoms with Gasteiger partial charge in [0, 0.05) is 30.7 Å². The van der Waals surface area contributed by atoms with Crippen LogP contribution in [0.3, 0.4) is 0 Å². The normalized spacial score (nSPS) is 14.6. The smallest absolute Gasteiger partial charge is 0.329 e. The number of hydrogen-bond acceptors (Lipinski definition) is 8. The summed E-state index contributed by atoms with van der Waals surface area (Å²) in [6.45, 7) is 3.63. The van der Waals surface area contributed by atoms with E-state index in [1.54, 1.807) is 79.7 Å². The molecule has 0 aromatic heterocycles. The summed E-state index contributed by atoms with van der Waals surface area (Å²) in [5.74, 6) is -1.31. The number of amides is 1. The van der Waals surface area contributed by atoms with E-state index in [0.717, 1.165) is 11.8 Å². The van der Waals surface area contributed by atoms with Gasteiger partial charge in [0.1, 0.15) is 18.4 Å². The van der Waals surface area contributed by atoms with Crippen LogP contribution in [0, 0.1) is 0 Å². The van der Waals surface area contributed by atoms with Gasteiger partial charge in [-0.3, -0.25) is 9.36 Å². The van der Waals surface area contributed by atoms with Crippen LogP contribution < -0.4 is 15.4 Å². The molecule has 0 bridgehead atoms. The Hall–Kier alpha value is -3.66. The quantitative estimate of drug-likeness (QED) is 0.106. The van der Waals surface area contributed by atoms with Gasteiger partial charge in [-0.1, -0.05) is 85.6 Å². The number of nitrogens with one attached hydrogen (secondary N) is 1. The number of esters is 1. The minimum absolute atomic E-state index is 0.0168. The van der Waals surface area contributed by atoms with Crippen molar-refractivity contribution in [3.05, 3.63) is 123 Å². The third kappa shape index (κ3) is 9.32. The second kappa shape index (κ2) is 16.4. The summed E-state index contributed by atoms with van der Waals surface area (Å²) in [6.07, 6.45) is 1.02. The van der Waals surface area contributed by atoms with Crippen LogP contribution >= 0.6 is 30.6 Å². The molecule has 49 heavy (non-hydrogen) atoms.